The number of imidazole rings is 1. The Morgan fingerprint density at radius 2 is 1.73 bits per heavy atom. The molecule has 0 aliphatic rings. The SMILES string of the molecule is CCN(CC)S(=O)(=O)N[C@@H](c1cc(OC)cc(OC)c1)c1nccn1C. The third-order valence-corrected chi connectivity index (χ3v) is 5.87. The predicted molar refractivity (Wildman–Crippen MR) is 99.6 cm³/mol. The number of ether oxygens (including phenoxy) is 2. The lowest BCUT2D eigenvalue weighted by Crippen LogP contribution is -2.43. The summed E-state index contributed by atoms with van der Waals surface area (Å²) in [6.07, 6.45) is 3.40. The van der Waals surface area contributed by atoms with E-state index in [4.69, 9.17) is 9.47 Å². The van der Waals surface area contributed by atoms with Gasteiger partial charge in [0.15, 0.2) is 0 Å². The predicted octanol–water partition coefficient (Wildman–Crippen LogP) is 1.70. The maximum absolute atomic E-state index is 12.8. The first kappa shape index (κ1) is 20.2. The number of methoxy groups -OCH3 is 2. The molecule has 0 radical (unpaired) electrons. The Labute approximate surface area is 154 Å². The molecule has 0 aliphatic carbocycles. The van der Waals surface area contributed by atoms with Crippen LogP contribution in [0.1, 0.15) is 31.3 Å². The maximum Gasteiger partial charge on any atom is 0.280 e. The van der Waals surface area contributed by atoms with Gasteiger partial charge in [-0.25, -0.2) is 4.98 Å². The van der Waals surface area contributed by atoms with Crippen molar-refractivity contribution in [3.8, 4) is 11.5 Å². The van der Waals surface area contributed by atoms with Gasteiger partial charge in [0.05, 0.1) is 14.2 Å². The van der Waals surface area contributed by atoms with E-state index in [1.807, 2.05) is 7.05 Å². The molecule has 1 aromatic carbocycles. The van der Waals surface area contributed by atoms with E-state index in [1.165, 1.54) is 4.31 Å². The third-order valence-electron chi connectivity index (χ3n) is 4.14. The molecule has 2 rings (SSSR count). The van der Waals surface area contributed by atoms with Crippen molar-refractivity contribution in [1.29, 1.82) is 0 Å². The summed E-state index contributed by atoms with van der Waals surface area (Å²) in [4.78, 5) is 4.33. The average molecular weight is 382 g/mol. The van der Waals surface area contributed by atoms with Crippen LogP contribution in [-0.2, 0) is 17.3 Å². The highest BCUT2D eigenvalue weighted by Crippen LogP contribution is 2.30. The van der Waals surface area contributed by atoms with E-state index in [9.17, 15) is 8.42 Å². The topological polar surface area (TPSA) is 85.7 Å². The zero-order valence-electron chi connectivity index (χ0n) is 15.8. The second-order valence-electron chi connectivity index (χ2n) is 5.68. The van der Waals surface area contributed by atoms with E-state index in [0.29, 0.717) is 36.0 Å². The molecule has 8 nitrogen and oxygen atoms in total. The molecule has 26 heavy (non-hydrogen) atoms. The number of aryl methyl sites for hydroxylation is 1. The van der Waals surface area contributed by atoms with Crippen LogP contribution in [0.3, 0.4) is 0 Å². The average Bonchev–Trinajstić information content (AvgIpc) is 3.05. The molecule has 0 fully saturated rings. The highest BCUT2D eigenvalue weighted by molar-refractivity contribution is 7.87. The second kappa shape index (κ2) is 8.52. The van der Waals surface area contributed by atoms with Gasteiger partial charge in [0.25, 0.3) is 10.2 Å². The first-order valence-corrected chi connectivity index (χ1v) is 9.77. The minimum Gasteiger partial charge on any atom is -0.497 e. The summed E-state index contributed by atoms with van der Waals surface area (Å²) in [5.74, 6) is 1.71. The fourth-order valence-electron chi connectivity index (χ4n) is 2.71. The monoisotopic (exact) mass is 382 g/mol. The van der Waals surface area contributed by atoms with Crippen LogP contribution in [0.25, 0.3) is 0 Å². The largest absolute Gasteiger partial charge is 0.497 e. The van der Waals surface area contributed by atoms with Crippen molar-refractivity contribution in [1.82, 2.24) is 18.6 Å². The summed E-state index contributed by atoms with van der Waals surface area (Å²) in [5.41, 5.74) is 0.672. The van der Waals surface area contributed by atoms with Crippen molar-refractivity contribution in [2.24, 2.45) is 7.05 Å². The van der Waals surface area contributed by atoms with Gasteiger partial charge in [0.1, 0.15) is 23.4 Å². The van der Waals surface area contributed by atoms with E-state index < -0.39 is 16.3 Å². The maximum atomic E-state index is 12.8. The van der Waals surface area contributed by atoms with Gasteiger partial charge >= 0.3 is 0 Å². The van der Waals surface area contributed by atoms with Crippen LogP contribution >= 0.6 is 0 Å². The molecule has 0 spiro atoms. The number of rotatable bonds is 9. The van der Waals surface area contributed by atoms with Gasteiger partial charge in [0, 0.05) is 38.6 Å². The Bertz CT molecular complexity index is 809. The summed E-state index contributed by atoms with van der Waals surface area (Å²) in [6, 6.07) is 4.58. The molecule has 0 unspecified atom stereocenters. The quantitative estimate of drug-likeness (QED) is 0.713. The van der Waals surface area contributed by atoms with Crippen LogP contribution in [0, 0.1) is 0 Å². The van der Waals surface area contributed by atoms with Gasteiger partial charge < -0.3 is 14.0 Å². The standard InChI is InChI=1S/C17H26N4O4S/c1-6-21(7-2)26(22,23)19-16(17-18-8-9-20(17)3)13-10-14(24-4)12-15(11-13)25-5/h8-12,16,19H,6-7H2,1-5H3/t16-/m0/s1. The molecule has 1 heterocycles. The van der Waals surface area contributed by atoms with Crippen molar-refractivity contribution in [2.45, 2.75) is 19.9 Å². The molecule has 0 amide bonds. The van der Waals surface area contributed by atoms with E-state index in [1.54, 1.807) is 63.2 Å². The Hall–Kier alpha value is -2.10. The molecule has 9 heteroatoms. The van der Waals surface area contributed by atoms with Crippen LogP contribution in [0.2, 0.25) is 0 Å². The Balaban J connectivity index is 2.55. The van der Waals surface area contributed by atoms with Crippen molar-refractivity contribution in [2.75, 3.05) is 27.3 Å². The highest BCUT2D eigenvalue weighted by Gasteiger charge is 2.28. The van der Waals surface area contributed by atoms with Gasteiger partial charge in [-0.15, -0.1) is 0 Å². The normalized spacial score (nSPS) is 13.0. The molecule has 0 saturated heterocycles. The summed E-state index contributed by atoms with van der Waals surface area (Å²) in [5, 5.41) is 0. The van der Waals surface area contributed by atoms with Gasteiger partial charge in [-0.2, -0.15) is 17.4 Å². The van der Waals surface area contributed by atoms with Gasteiger partial charge in [-0.3, -0.25) is 0 Å². The third kappa shape index (κ3) is 4.35. The molecular formula is C17H26N4O4S. The van der Waals surface area contributed by atoms with Crippen LogP contribution in [0.4, 0.5) is 0 Å². The molecule has 1 atom stereocenters. The number of nitrogens with zero attached hydrogens (tertiary/aromatic N) is 3. The molecule has 0 saturated carbocycles. The van der Waals surface area contributed by atoms with Crippen LogP contribution in [-0.4, -0.2) is 49.6 Å². The first-order chi connectivity index (χ1) is 12.4. The Morgan fingerprint density at radius 3 is 2.15 bits per heavy atom. The van der Waals surface area contributed by atoms with Crippen molar-refractivity contribution < 1.29 is 17.9 Å². The number of hydrogen-bond acceptors (Lipinski definition) is 5. The first-order valence-electron chi connectivity index (χ1n) is 8.33. The number of hydrogen-bond donors (Lipinski definition) is 1. The smallest absolute Gasteiger partial charge is 0.280 e. The molecule has 0 aliphatic heterocycles. The lowest BCUT2D eigenvalue weighted by Gasteiger charge is -2.25. The number of nitrogens with one attached hydrogen (secondary N) is 1. The highest BCUT2D eigenvalue weighted by atomic mass is 32.2. The lowest BCUT2D eigenvalue weighted by molar-refractivity contribution is 0.392. The van der Waals surface area contributed by atoms with E-state index in [0.717, 1.165) is 0 Å². The van der Waals surface area contributed by atoms with Crippen molar-refractivity contribution in [3.05, 3.63) is 42.0 Å². The van der Waals surface area contributed by atoms with Crippen molar-refractivity contribution >= 4 is 10.2 Å². The second-order valence-corrected chi connectivity index (χ2v) is 7.38. The minimum atomic E-state index is -3.70. The molecule has 0 bridgehead atoms. The van der Waals surface area contributed by atoms with Gasteiger partial charge in [0.2, 0.25) is 0 Å². The summed E-state index contributed by atoms with van der Waals surface area (Å²) in [6.45, 7) is 4.35. The zero-order valence-corrected chi connectivity index (χ0v) is 16.6. The summed E-state index contributed by atoms with van der Waals surface area (Å²) >= 11 is 0. The molecule has 2 aromatic rings. The molecule has 1 N–H and O–H groups in total. The Kier molecular flexibility index (Phi) is 6.63. The van der Waals surface area contributed by atoms with Gasteiger partial charge in [-0.1, -0.05) is 13.8 Å². The molecule has 144 valence electrons. The Morgan fingerprint density at radius 1 is 1.15 bits per heavy atom. The number of aromatic nitrogens is 2. The molecular weight excluding hydrogens is 356 g/mol. The van der Waals surface area contributed by atoms with Crippen LogP contribution in [0.15, 0.2) is 30.6 Å². The van der Waals surface area contributed by atoms with Gasteiger partial charge in [-0.05, 0) is 17.7 Å². The minimum absolute atomic E-state index is 0.376. The van der Waals surface area contributed by atoms with Crippen molar-refractivity contribution in [3.63, 3.8) is 0 Å². The van der Waals surface area contributed by atoms with Crippen LogP contribution < -0.4 is 14.2 Å². The lowest BCUT2D eigenvalue weighted by atomic mass is 10.1. The van der Waals surface area contributed by atoms with E-state index >= 15 is 0 Å². The fraction of sp³-hybridized carbons (Fsp3) is 0.471. The summed E-state index contributed by atoms with van der Waals surface area (Å²) < 4.78 is 42.2. The summed E-state index contributed by atoms with van der Waals surface area (Å²) in [7, 11) is 1.21. The van der Waals surface area contributed by atoms with E-state index in [2.05, 4.69) is 9.71 Å². The molecule has 1 aromatic heterocycles. The zero-order chi connectivity index (χ0) is 19.3. The van der Waals surface area contributed by atoms with Crippen LogP contribution in [0.5, 0.6) is 11.5 Å². The van der Waals surface area contributed by atoms with E-state index in [-0.39, 0.29) is 0 Å². The number of benzene rings is 1. The fourth-order valence-corrected chi connectivity index (χ4v) is 4.08.